The maximum Gasteiger partial charge on any atom is 0.303 e. The third-order valence-corrected chi connectivity index (χ3v) is 5.99. The van der Waals surface area contributed by atoms with Gasteiger partial charge in [-0.25, -0.2) is 0 Å². The van der Waals surface area contributed by atoms with Gasteiger partial charge >= 0.3 is 11.9 Å². The number of benzene rings is 1. The molecule has 3 atom stereocenters. The number of esters is 2. The molecule has 0 saturated carbocycles. The lowest BCUT2D eigenvalue weighted by molar-refractivity contribution is -0.182. The minimum atomic E-state index is -1.06. The van der Waals surface area contributed by atoms with E-state index in [9.17, 15) is 14.7 Å². The van der Waals surface area contributed by atoms with Crippen molar-refractivity contribution in [2.45, 2.75) is 90.4 Å². The molecule has 1 aromatic rings. The number of aryl methyl sites for hydroxylation is 1. The van der Waals surface area contributed by atoms with Crippen molar-refractivity contribution in [2.24, 2.45) is 0 Å². The van der Waals surface area contributed by atoms with Gasteiger partial charge in [0.2, 0.25) is 0 Å². The van der Waals surface area contributed by atoms with Crippen molar-refractivity contribution in [3.8, 4) is 5.75 Å². The van der Waals surface area contributed by atoms with E-state index in [1.807, 2.05) is 53.7 Å². The Morgan fingerprint density at radius 3 is 2.30 bits per heavy atom. The van der Waals surface area contributed by atoms with E-state index in [-0.39, 0.29) is 11.0 Å². The summed E-state index contributed by atoms with van der Waals surface area (Å²) in [7, 11) is 0. The highest BCUT2D eigenvalue weighted by molar-refractivity contribution is 8.00. The molecule has 1 aromatic carbocycles. The molecule has 1 unspecified atom stereocenters. The highest BCUT2D eigenvalue weighted by Gasteiger charge is 2.46. The number of carbonyl (C=O) groups excluding carboxylic acids is 2. The van der Waals surface area contributed by atoms with E-state index in [1.165, 1.54) is 13.8 Å². The van der Waals surface area contributed by atoms with Crippen molar-refractivity contribution in [1.29, 1.82) is 0 Å². The number of allylic oxidation sites excluding steroid dienone is 2. The van der Waals surface area contributed by atoms with Crippen LogP contribution in [-0.2, 0) is 19.1 Å². The van der Waals surface area contributed by atoms with E-state index in [2.05, 4.69) is 6.08 Å². The molecule has 0 radical (unpaired) electrons. The predicted molar refractivity (Wildman–Crippen MR) is 123 cm³/mol. The number of ether oxygens (including phenoxy) is 2. The van der Waals surface area contributed by atoms with Crippen molar-refractivity contribution >= 4 is 23.7 Å². The largest absolute Gasteiger partial charge is 0.508 e. The van der Waals surface area contributed by atoms with Crippen molar-refractivity contribution < 1.29 is 24.2 Å². The molecule has 168 valence electrons. The normalized spacial score (nSPS) is 15.1. The molecule has 0 spiro atoms. The molecule has 0 aliphatic carbocycles. The first-order chi connectivity index (χ1) is 13.9. The van der Waals surface area contributed by atoms with Gasteiger partial charge in [-0.3, -0.25) is 9.59 Å². The Balaban J connectivity index is 3.58. The quantitative estimate of drug-likeness (QED) is 0.364. The number of phenols is 1. The van der Waals surface area contributed by atoms with E-state index in [0.29, 0.717) is 18.4 Å². The molecule has 0 aliphatic rings. The third kappa shape index (κ3) is 8.05. The van der Waals surface area contributed by atoms with Crippen LogP contribution in [0.1, 0.15) is 77.7 Å². The van der Waals surface area contributed by atoms with Crippen molar-refractivity contribution in [2.75, 3.05) is 0 Å². The first-order valence-corrected chi connectivity index (χ1v) is 11.2. The molecule has 5 nitrogen and oxygen atoms in total. The number of hydrogen-bond donors (Lipinski definition) is 1. The van der Waals surface area contributed by atoms with Gasteiger partial charge in [0.15, 0.2) is 6.10 Å². The Labute approximate surface area is 185 Å². The Kier molecular flexibility index (Phi) is 9.95. The molecule has 0 bridgehead atoms. The lowest BCUT2D eigenvalue weighted by Gasteiger charge is -2.41. The summed E-state index contributed by atoms with van der Waals surface area (Å²) >= 11 is 1.58. The van der Waals surface area contributed by atoms with Gasteiger partial charge in [-0.05, 0) is 51.9 Å². The van der Waals surface area contributed by atoms with Crippen LogP contribution in [0.15, 0.2) is 29.8 Å². The summed E-state index contributed by atoms with van der Waals surface area (Å²) in [6.07, 6.45) is 2.45. The zero-order chi connectivity index (χ0) is 23.1. The van der Waals surface area contributed by atoms with Crippen LogP contribution in [0.5, 0.6) is 5.75 Å². The lowest BCUT2D eigenvalue weighted by Crippen LogP contribution is -2.48. The third-order valence-electron chi connectivity index (χ3n) is 4.65. The summed E-state index contributed by atoms with van der Waals surface area (Å²) in [5, 5.41) is 10.4. The molecule has 0 amide bonds. The second kappa shape index (κ2) is 11.4. The number of rotatable bonds is 10. The Morgan fingerprint density at radius 1 is 1.17 bits per heavy atom. The maximum atomic E-state index is 12.1. The fourth-order valence-electron chi connectivity index (χ4n) is 3.42. The SMILES string of the molecule is CC(=O)O[C@@H](C(SC(C)C)c1cc(C)ccc1O)[C@](C)(CCC=C(C)C)OC(C)=O. The number of thioether (sulfide) groups is 1. The lowest BCUT2D eigenvalue weighted by atomic mass is 9.87. The molecule has 0 saturated heterocycles. The number of phenolic OH excluding ortho intramolecular Hbond substituents is 1. The fourth-order valence-corrected chi connectivity index (χ4v) is 4.82. The minimum absolute atomic E-state index is 0.130. The minimum Gasteiger partial charge on any atom is -0.508 e. The van der Waals surface area contributed by atoms with E-state index in [1.54, 1.807) is 17.8 Å². The zero-order valence-corrected chi connectivity index (χ0v) is 20.3. The molecule has 0 aromatic heterocycles. The van der Waals surface area contributed by atoms with Crippen molar-refractivity contribution in [3.63, 3.8) is 0 Å². The summed E-state index contributed by atoms with van der Waals surface area (Å²) in [4.78, 5) is 24.1. The summed E-state index contributed by atoms with van der Waals surface area (Å²) in [6, 6.07) is 5.38. The molecular weight excluding hydrogens is 400 g/mol. The average molecular weight is 437 g/mol. The second-order valence-electron chi connectivity index (χ2n) is 8.42. The number of hydrogen-bond acceptors (Lipinski definition) is 6. The van der Waals surface area contributed by atoms with Crippen LogP contribution in [0.4, 0.5) is 0 Å². The Hall–Kier alpha value is -1.95. The van der Waals surface area contributed by atoms with Gasteiger partial charge in [-0.2, -0.15) is 0 Å². The van der Waals surface area contributed by atoms with Gasteiger partial charge in [0.25, 0.3) is 0 Å². The first-order valence-electron chi connectivity index (χ1n) is 10.3. The van der Waals surface area contributed by atoms with Crippen LogP contribution >= 0.6 is 11.8 Å². The molecule has 1 N–H and O–H groups in total. The molecular formula is C24H36O5S. The molecule has 6 heteroatoms. The maximum absolute atomic E-state index is 12.1. The summed E-state index contributed by atoms with van der Waals surface area (Å²) in [5.41, 5.74) is 1.75. The molecule has 0 aliphatic heterocycles. The van der Waals surface area contributed by atoms with Crippen LogP contribution in [0.3, 0.4) is 0 Å². The summed E-state index contributed by atoms with van der Waals surface area (Å²) in [5.74, 6) is -0.763. The summed E-state index contributed by atoms with van der Waals surface area (Å²) < 4.78 is 11.6. The summed E-state index contributed by atoms with van der Waals surface area (Å²) in [6.45, 7) is 14.6. The van der Waals surface area contributed by atoms with Gasteiger partial charge in [0.05, 0.1) is 5.25 Å². The van der Waals surface area contributed by atoms with Crippen LogP contribution in [0.25, 0.3) is 0 Å². The average Bonchev–Trinajstić information content (AvgIpc) is 2.58. The van der Waals surface area contributed by atoms with Gasteiger partial charge < -0.3 is 14.6 Å². The Morgan fingerprint density at radius 2 is 1.80 bits per heavy atom. The van der Waals surface area contributed by atoms with E-state index < -0.39 is 28.9 Å². The fraction of sp³-hybridized carbons (Fsp3) is 0.583. The highest BCUT2D eigenvalue weighted by Crippen LogP contribution is 2.46. The van der Waals surface area contributed by atoms with Gasteiger partial charge in [0.1, 0.15) is 11.4 Å². The number of aromatic hydroxyl groups is 1. The molecule has 0 fully saturated rings. The monoisotopic (exact) mass is 436 g/mol. The zero-order valence-electron chi connectivity index (χ0n) is 19.4. The number of carbonyl (C=O) groups is 2. The van der Waals surface area contributed by atoms with Crippen LogP contribution in [0, 0.1) is 6.92 Å². The molecule has 1 rings (SSSR count). The van der Waals surface area contributed by atoms with E-state index in [0.717, 1.165) is 11.1 Å². The molecule has 0 heterocycles. The topological polar surface area (TPSA) is 72.8 Å². The first kappa shape index (κ1) is 26.1. The molecule has 30 heavy (non-hydrogen) atoms. The second-order valence-corrected chi connectivity index (χ2v) is 10.1. The van der Waals surface area contributed by atoms with Crippen molar-refractivity contribution in [1.82, 2.24) is 0 Å². The highest BCUT2D eigenvalue weighted by atomic mass is 32.2. The van der Waals surface area contributed by atoms with Crippen LogP contribution in [-0.4, -0.2) is 34.0 Å². The predicted octanol–water partition coefficient (Wildman–Crippen LogP) is 5.88. The smallest absolute Gasteiger partial charge is 0.303 e. The Bertz CT molecular complexity index is 767. The van der Waals surface area contributed by atoms with Crippen LogP contribution in [0.2, 0.25) is 0 Å². The van der Waals surface area contributed by atoms with Crippen LogP contribution < -0.4 is 0 Å². The van der Waals surface area contributed by atoms with Crippen molar-refractivity contribution in [3.05, 3.63) is 41.0 Å². The standard InChI is InChI=1S/C24H36O5S/c1-15(2)10-9-13-24(8,29-19(7)26)23(28-18(6)25)22(30-16(3)4)20-14-17(5)11-12-21(20)27/h10-12,14,16,22-23,27H,9,13H2,1-8H3/t22?,23-,24-/m0/s1. The van der Waals surface area contributed by atoms with E-state index >= 15 is 0 Å². The van der Waals surface area contributed by atoms with Gasteiger partial charge in [0, 0.05) is 19.4 Å². The van der Waals surface area contributed by atoms with Gasteiger partial charge in [-0.1, -0.05) is 43.2 Å². The van der Waals surface area contributed by atoms with Gasteiger partial charge in [-0.15, -0.1) is 11.8 Å². The van der Waals surface area contributed by atoms with E-state index in [4.69, 9.17) is 9.47 Å².